The van der Waals surface area contributed by atoms with Crippen LogP contribution in [0.5, 0.6) is 5.75 Å². The fourth-order valence-corrected chi connectivity index (χ4v) is 2.59. The quantitative estimate of drug-likeness (QED) is 0.668. The number of benzene rings is 1. The van der Waals surface area contributed by atoms with Crippen molar-refractivity contribution in [3.8, 4) is 5.75 Å². The van der Waals surface area contributed by atoms with Crippen LogP contribution < -0.4 is 10.1 Å². The lowest BCUT2D eigenvalue weighted by Gasteiger charge is -2.17. The highest BCUT2D eigenvalue weighted by Gasteiger charge is 2.10. The third kappa shape index (κ3) is 7.30. The number of hydrogen-bond donors (Lipinski definition) is 1. The smallest absolute Gasteiger partial charge is 0.126 e. The van der Waals surface area contributed by atoms with Gasteiger partial charge in [0.2, 0.25) is 0 Å². The Balaban J connectivity index is 2.61. The molecule has 0 amide bonds. The van der Waals surface area contributed by atoms with Crippen LogP contribution in [-0.2, 0) is 11.3 Å². The molecular weight excluding hydrogens is 330 g/mol. The highest BCUT2D eigenvalue weighted by molar-refractivity contribution is 9.10. The van der Waals surface area contributed by atoms with Gasteiger partial charge in [0.1, 0.15) is 12.4 Å². The van der Waals surface area contributed by atoms with Crippen LogP contribution in [0.2, 0.25) is 0 Å². The standard InChI is InChI=1S/C17H28BrNO2/c1-12(2)11-20-6-7-21-17-14(5)8-16(18)9-15(17)10-19-13(3)4/h8-9,12-13,19H,6-7,10-11H2,1-5H3. The lowest BCUT2D eigenvalue weighted by Crippen LogP contribution is -2.22. The Labute approximate surface area is 137 Å². The monoisotopic (exact) mass is 357 g/mol. The van der Waals surface area contributed by atoms with E-state index in [-0.39, 0.29) is 0 Å². The van der Waals surface area contributed by atoms with Crippen molar-refractivity contribution in [3.05, 3.63) is 27.7 Å². The Bertz CT molecular complexity index is 433. The molecule has 0 atom stereocenters. The van der Waals surface area contributed by atoms with Crippen LogP contribution in [0.25, 0.3) is 0 Å². The first-order valence-electron chi connectivity index (χ1n) is 7.63. The van der Waals surface area contributed by atoms with E-state index in [2.05, 4.69) is 68.0 Å². The molecule has 0 radical (unpaired) electrons. The summed E-state index contributed by atoms with van der Waals surface area (Å²) in [6, 6.07) is 4.65. The van der Waals surface area contributed by atoms with Crippen LogP contribution in [0, 0.1) is 12.8 Å². The normalized spacial score (nSPS) is 11.4. The molecule has 0 saturated carbocycles. The molecule has 3 nitrogen and oxygen atoms in total. The van der Waals surface area contributed by atoms with E-state index in [0.29, 0.717) is 25.2 Å². The zero-order chi connectivity index (χ0) is 15.8. The molecular formula is C17H28BrNO2. The number of rotatable bonds is 9. The topological polar surface area (TPSA) is 30.5 Å². The summed E-state index contributed by atoms with van der Waals surface area (Å²) in [5, 5.41) is 3.44. The maximum atomic E-state index is 5.95. The number of halogens is 1. The van der Waals surface area contributed by atoms with E-state index in [0.717, 1.165) is 28.9 Å². The van der Waals surface area contributed by atoms with Gasteiger partial charge in [-0.3, -0.25) is 0 Å². The van der Waals surface area contributed by atoms with Gasteiger partial charge in [0.05, 0.1) is 6.61 Å². The third-order valence-electron chi connectivity index (χ3n) is 2.94. The predicted molar refractivity (Wildman–Crippen MR) is 92.0 cm³/mol. The Morgan fingerprint density at radius 3 is 2.48 bits per heavy atom. The molecule has 0 unspecified atom stereocenters. The van der Waals surface area contributed by atoms with Crippen LogP contribution >= 0.6 is 15.9 Å². The van der Waals surface area contributed by atoms with Gasteiger partial charge in [-0.2, -0.15) is 0 Å². The van der Waals surface area contributed by atoms with Crippen LogP contribution in [0.4, 0.5) is 0 Å². The van der Waals surface area contributed by atoms with Gasteiger partial charge in [-0.25, -0.2) is 0 Å². The van der Waals surface area contributed by atoms with Gasteiger partial charge in [-0.15, -0.1) is 0 Å². The summed E-state index contributed by atoms with van der Waals surface area (Å²) in [5.41, 5.74) is 2.33. The highest BCUT2D eigenvalue weighted by Crippen LogP contribution is 2.28. The van der Waals surface area contributed by atoms with E-state index in [1.165, 1.54) is 5.56 Å². The molecule has 21 heavy (non-hydrogen) atoms. The van der Waals surface area contributed by atoms with Crippen molar-refractivity contribution in [1.29, 1.82) is 0 Å². The molecule has 0 aliphatic carbocycles. The maximum absolute atomic E-state index is 5.95. The summed E-state index contributed by atoms with van der Waals surface area (Å²) < 4.78 is 12.6. The molecule has 1 rings (SSSR count). The molecule has 0 aliphatic rings. The summed E-state index contributed by atoms with van der Waals surface area (Å²) >= 11 is 3.56. The van der Waals surface area contributed by atoms with Crippen LogP contribution in [0.1, 0.15) is 38.8 Å². The lowest BCUT2D eigenvalue weighted by molar-refractivity contribution is 0.0814. The van der Waals surface area contributed by atoms with Crippen molar-refractivity contribution >= 4 is 15.9 Å². The summed E-state index contributed by atoms with van der Waals surface area (Å²) in [5.74, 6) is 1.53. The van der Waals surface area contributed by atoms with E-state index in [9.17, 15) is 0 Å². The largest absolute Gasteiger partial charge is 0.491 e. The second-order valence-electron chi connectivity index (χ2n) is 6.06. The minimum absolute atomic E-state index is 0.450. The Morgan fingerprint density at radius 2 is 1.86 bits per heavy atom. The minimum Gasteiger partial charge on any atom is -0.491 e. The summed E-state index contributed by atoms with van der Waals surface area (Å²) in [4.78, 5) is 0. The van der Waals surface area contributed by atoms with E-state index < -0.39 is 0 Å². The molecule has 1 aromatic carbocycles. The van der Waals surface area contributed by atoms with E-state index in [1.54, 1.807) is 0 Å². The second-order valence-corrected chi connectivity index (χ2v) is 6.98. The first-order chi connectivity index (χ1) is 9.90. The van der Waals surface area contributed by atoms with Gasteiger partial charge >= 0.3 is 0 Å². The molecule has 0 fully saturated rings. The predicted octanol–water partition coefficient (Wildman–Crippen LogP) is 4.31. The van der Waals surface area contributed by atoms with Gasteiger partial charge < -0.3 is 14.8 Å². The lowest BCUT2D eigenvalue weighted by atomic mass is 10.1. The molecule has 120 valence electrons. The molecule has 0 aromatic heterocycles. The Hall–Kier alpha value is -0.580. The molecule has 1 aromatic rings. The first kappa shape index (κ1) is 18.5. The molecule has 0 saturated heterocycles. The first-order valence-corrected chi connectivity index (χ1v) is 8.42. The molecule has 0 aliphatic heterocycles. The highest BCUT2D eigenvalue weighted by atomic mass is 79.9. The fourth-order valence-electron chi connectivity index (χ4n) is 1.97. The van der Waals surface area contributed by atoms with Crippen molar-refractivity contribution in [2.24, 2.45) is 5.92 Å². The average molecular weight is 358 g/mol. The Kier molecular flexibility index (Phi) is 8.30. The Morgan fingerprint density at radius 1 is 1.14 bits per heavy atom. The summed E-state index contributed by atoms with van der Waals surface area (Å²) in [7, 11) is 0. The minimum atomic E-state index is 0.450. The zero-order valence-electron chi connectivity index (χ0n) is 13.8. The second kappa shape index (κ2) is 9.44. The van der Waals surface area contributed by atoms with Crippen LogP contribution in [0.15, 0.2) is 16.6 Å². The van der Waals surface area contributed by atoms with Gasteiger partial charge in [-0.05, 0) is 30.5 Å². The van der Waals surface area contributed by atoms with Crippen LogP contribution in [0.3, 0.4) is 0 Å². The number of nitrogens with one attached hydrogen (secondary N) is 1. The molecule has 0 spiro atoms. The van der Waals surface area contributed by atoms with Crippen molar-refractivity contribution in [2.75, 3.05) is 19.8 Å². The fraction of sp³-hybridized carbons (Fsp3) is 0.647. The van der Waals surface area contributed by atoms with Crippen molar-refractivity contribution in [1.82, 2.24) is 5.32 Å². The van der Waals surface area contributed by atoms with Gasteiger partial charge in [0.25, 0.3) is 0 Å². The average Bonchev–Trinajstić information content (AvgIpc) is 2.37. The van der Waals surface area contributed by atoms with Crippen molar-refractivity contribution in [2.45, 2.75) is 47.2 Å². The molecule has 1 N–H and O–H groups in total. The molecule has 4 heteroatoms. The van der Waals surface area contributed by atoms with Gasteiger partial charge in [0.15, 0.2) is 0 Å². The van der Waals surface area contributed by atoms with Crippen molar-refractivity contribution < 1.29 is 9.47 Å². The molecule has 0 bridgehead atoms. The van der Waals surface area contributed by atoms with Crippen LogP contribution in [-0.4, -0.2) is 25.9 Å². The SMILES string of the molecule is Cc1cc(Br)cc(CNC(C)C)c1OCCOCC(C)C. The number of aryl methyl sites for hydroxylation is 1. The summed E-state index contributed by atoms with van der Waals surface area (Å²) in [6.07, 6.45) is 0. The molecule has 0 heterocycles. The van der Waals surface area contributed by atoms with E-state index >= 15 is 0 Å². The summed E-state index contributed by atoms with van der Waals surface area (Å²) in [6.45, 7) is 13.5. The van der Waals surface area contributed by atoms with E-state index in [1.807, 2.05) is 0 Å². The third-order valence-corrected chi connectivity index (χ3v) is 3.40. The number of hydrogen-bond acceptors (Lipinski definition) is 3. The zero-order valence-corrected chi connectivity index (χ0v) is 15.4. The van der Waals surface area contributed by atoms with Gasteiger partial charge in [0, 0.05) is 29.2 Å². The number of ether oxygens (including phenoxy) is 2. The van der Waals surface area contributed by atoms with Gasteiger partial charge in [-0.1, -0.05) is 43.6 Å². The van der Waals surface area contributed by atoms with E-state index in [4.69, 9.17) is 9.47 Å². The van der Waals surface area contributed by atoms with Crippen molar-refractivity contribution in [3.63, 3.8) is 0 Å². The maximum Gasteiger partial charge on any atom is 0.126 e.